The zero-order valence-electron chi connectivity index (χ0n) is 13.3. The van der Waals surface area contributed by atoms with Crippen LogP contribution in [0.5, 0.6) is 0 Å². The first-order chi connectivity index (χ1) is 11.9. The van der Waals surface area contributed by atoms with Crippen LogP contribution >= 0.6 is 27.5 Å². The molecule has 0 bridgehead atoms. The Labute approximate surface area is 158 Å². The summed E-state index contributed by atoms with van der Waals surface area (Å²) in [5, 5.41) is 0.650. The smallest absolute Gasteiger partial charge is 0.256 e. The van der Waals surface area contributed by atoms with Gasteiger partial charge in [-0.05, 0) is 54.6 Å². The first kappa shape index (κ1) is 17.7. The lowest BCUT2D eigenvalue weighted by Crippen LogP contribution is -2.26. The van der Waals surface area contributed by atoms with E-state index in [4.69, 9.17) is 16.0 Å². The minimum Gasteiger partial charge on any atom is -0.459 e. The van der Waals surface area contributed by atoms with Crippen molar-refractivity contribution in [3.63, 3.8) is 0 Å². The van der Waals surface area contributed by atoms with Gasteiger partial charge in [0.2, 0.25) is 0 Å². The fourth-order valence-corrected chi connectivity index (χ4v) is 2.87. The minimum absolute atomic E-state index is 0.0233. The number of nitrogens with zero attached hydrogens (tertiary/aromatic N) is 1. The third kappa shape index (κ3) is 4.11. The Kier molecular flexibility index (Phi) is 5.25. The van der Waals surface area contributed by atoms with Gasteiger partial charge in [-0.15, -0.1) is 0 Å². The summed E-state index contributed by atoms with van der Waals surface area (Å²) in [5.41, 5.74) is 0.916. The van der Waals surface area contributed by atoms with Gasteiger partial charge in [-0.1, -0.05) is 27.5 Å². The number of benzene rings is 2. The predicted molar refractivity (Wildman–Crippen MR) is 99.1 cm³/mol. The van der Waals surface area contributed by atoms with E-state index in [0.29, 0.717) is 21.0 Å². The number of carbonyl (C=O) groups is 1. The molecule has 3 rings (SSSR count). The molecule has 128 valence electrons. The van der Waals surface area contributed by atoms with E-state index in [-0.39, 0.29) is 12.1 Å². The first-order valence-corrected chi connectivity index (χ1v) is 8.66. The molecule has 1 heterocycles. The van der Waals surface area contributed by atoms with Crippen molar-refractivity contribution in [2.45, 2.75) is 6.54 Å². The van der Waals surface area contributed by atoms with Gasteiger partial charge in [0.05, 0.1) is 12.1 Å². The van der Waals surface area contributed by atoms with Gasteiger partial charge >= 0.3 is 0 Å². The highest BCUT2D eigenvalue weighted by molar-refractivity contribution is 9.10. The van der Waals surface area contributed by atoms with Gasteiger partial charge in [0.25, 0.3) is 5.91 Å². The minimum atomic E-state index is -0.562. The van der Waals surface area contributed by atoms with Crippen LogP contribution in [0.2, 0.25) is 5.02 Å². The Hall–Kier alpha value is -2.11. The number of halogens is 3. The van der Waals surface area contributed by atoms with Crippen molar-refractivity contribution >= 4 is 33.4 Å². The van der Waals surface area contributed by atoms with E-state index in [1.54, 1.807) is 31.3 Å². The summed E-state index contributed by atoms with van der Waals surface area (Å²) < 4.78 is 20.3. The molecule has 3 aromatic rings. The second-order valence-corrected chi connectivity index (χ2v) is 6.91. The van der Waals surface area contributed by atoms with Crippen molar-refractivity contribution in [3.05, 3.63) is 81.2 Å². The number of furan rings is 1. The molecule has 3 nitrogen and oxygen atoms in total. The van der Waals surface area contributed by atoms with E-state index >= 15 is 0 Å². The Morgan fingerprint density at radius 1 is 1.16 bits per heavy atom. The van der Waals surface area contributed by atoms with Crippen molar-refractivity contribution in [2.24, 2.45) is 0 Å². The Morgan fingerprint density at radius 2 is 1.88 bits per heavy atom. The summed E-state index contributed by atoms with van der Waals surface area (Å²) >= 11 is 9.06. The van der Waals surface area contributed by atoms with Crippen molar-refractivity contribution in [1.29, 1.82) is 0 Å². The molecule has 25 heavy (non-hydrogen) atoms. The Bertz CT molecular complexity index is 908. The number of carbonyl (C=O) groups excluding carboxylic acids is 1. The summed E-state index contributed by atoms with van der Waals surface area (Å²) in [5.74, 6) is 0.322. The maximum absolute atomic E-state index is 13.9. The lowest BCUT2D eigenvalue weighted by atomic mass is 10.2. The molecule has 0 unspecified atom stereocenters. The zero-order valence-corrected chi connectivity index (χ0v) is 15.6. The molecule has 1 aromatic heterocycles. The number of rotatable bonds is 4. The summed E-state index contributed by atoms with van der Waals surface area (Å²) in [7, 11) is 1.61. The molecule has 0 radical (unpaired) electrons. The monoisotopic (exact) mass is 421 g/mol. The van der Waals surface area contributed by atoms with Gasteiger partial charge < -0.3 is 9.32 Å². The largest absolute Gasteiger partial charge is 0.459 e. The molecule has 0 aliphatic carbocycles. The van der Waals surface area contributed by atoms with Crippen LogP contribution in [-0.2, 0) is 6.54 Å². The molecule has 0 saturated carbocycles. The van der Waals surface area contributed by atoms with Crippen molar-refractivity contribution in [1.82, 2.24) is 4.90 Å². The van der Waals surface area contributed by atoms with Gasteiger partial charge in [0.15, 0.2) is 0 Å². The van der Waals surface area contributed by atoms with Crippen LogP contribution in [-0.4, -0.2) is 17.9 Å². The zero-order chi connectivity index (χ0) is 18.0. The lowest BCUT2D eigenvalue weighted by molar-refractivity contribution is 0.0771. The fraction of sp³-hybridized carbons (Fsp3) is 0.105. The van der Waals surface area contributed by atoms with Crippen molar-refractivity contribution in [3.8, 4) is 11.3 Å². The lowest BCUT2D eigenvalue weighted by Gasteiger charge is -2.16. The normalized spacial score (nSPS) is 10.7. The van der Waals surface area contributed by atoms with E-state index in [0.717, 1.165) is 5.56 Å². The fourth-order valence-electron chi connectivity index (χ4n) is 2.41. The van der Waals surface area contributed by atoms with Crippen molar-refractivity contribution < 1.29 is 13.6 Å². The number of hydrogen-bond donors (Lipinski definition) is 0. The molecule has 0 atom stereocenters. The van der Waals surface area contributed by atoms with Gasteiger partial charge in [-0.3, -0.25) is 4.79 Å². The quantitative estimate of drug-likeness (QED) is 0.534. The molecule has 6 heteroatoms. The molecule has 2 aromatic carbocycles. The number of amides is 1. The third-order valence-electron chi connectivity index (χ3n) is 3.69. The van der Waals surface area contributed by atoms with E-state index in [1.165, 1.54) is 17.0 Å². The summed E-state index contributed by atoms with van der Waals surface area (Å²) in [4.78, 5) is 13.8. The van der Waals surface area contributed by atoms with Crippen LogP contribution in [0.25, 0.3) is 11.3 Å². The maximum atomic E-state index is 13.9. The van der Waals surface area contributed by atoms with Crippen molar-refractivity contribution in [2.75, 3.05) is 7.05 Å². The molecule has 1 amide bonds. The Morgan fingerprint density at radius 3 is 2.56 bits per heavy atom. The van der Waals surface area contributed by atoms with E-state index in [1.807, 2.05) is 18.2 Å². The molecule has 0 fully saturated rings. The summed E-state index contributed by atoms with van der Waals surface area (Å²) in [6.07, 6.45) is 0. The maximum Gasteiger partial charge on any atom is 0.256 e. The molecule has 0 aliphatic rings. The van der Waals surface area contributed by atoms with Crippen LogP contribution < -0.4 is 0 Å². The molecule has 0 N–H and O–H groups in total. The van der Waals surface area contributed by atoms with Crippen LogP contribution in [0.15, 0.2) is 63.5 Å². The Balaban J connectivity index is 1.74. The highest BCUT2D eigenvalue weighted by atomic mass is 79.9. The molecule has 0 saturated heterocycles. The van der Waals surface area contributed by atoms with E-state index < -0.39 is 11.7 Å². The van der Waals surface area contributed by atoms with Gasteiger partial charge in [0, 0.05) is 22.1 Å². The second-order valence-electron chi connectivity index (χ2n) is 5.56. The molecule has 0 aliphatic heterocycles. The van der Waals surface area contributed by atoms with Crippen LogP contribution in [0.1, 0.15) is 16.1 Å². The standard InChI is InChI=1S/C19H14BrClFNO2/c1-23(19(24)16-8-4-13(20)10-17(16)22)11-15-7-9-18(25-15)12-2-5-14(21)6-3-12/h2-10H,11H2,1H3. The average molecular weight is 423 g/mol. The SMILES string of the molecule is CN(Cc1ccc(-c2ccc(Cl)cc2)o1)C(=O)c1ccc(Br)cc1F. The second kappa shape index (κ2) is 7.42. The average Bonchev–Trinajstić information content (AvgIpc) is 3.03. The van der Waals surface area contributed by atoms with E-state index in [9.17, 15) is 9.18 Å². The summed E-state index contributed by atoms with van der Waals surface area (Å²) in [6.45, 7) is 0.238. The summed E-state index contributed by atoms with van der Waals surface area (Å²) in [6, 6.07) is 15.3. The number of hydrogen-bond acceptors (Lipinski definition) is 2. The van der Waals surface area contributed by atoms with Gasteiger partial charge in [-0.2, -0.15) is 0 Å². The topological polar surface area (TPSA) is 33.5 Å². The van der Waals surface area contributed by atoms with Crippen LogP contribution in [0.3, 0.4) is 0 Å². The van der Waals surface area contributed by atoms with Gasteiger partial charge in [-0.25, -0.2) is 4.39 Å². The molecular weight excluding hydrogens is 409 g/mol. The predicted octanol–water partition coefficient (Wildman–Crippen LogP) is 5.77. The highest BCUT2D eigenvalue weighted by Gasteiger charge is 2.18. The van der Waals surface area contributed by atoms with E-state index in [2.05, 4.69) is 15.9 Å². The van der Waals surface area contributed by atoms with Crippen LogP contribution in [0, 0.1) is 5.82 Å². The first-order valence-electron chi connectivity index (χ1n) is 7.49. The highest BCUT2D eigenvalue weighted by Crippen LogP contribution is 2.25. The van der Waals surface area contributed by atoms with Gasteiger partial charge in [0.1, 0.15) is 17.3 Å². The van der Waals surface area contributed by atoms with Crippen LogP contribution in [0.4, 0.5) is 4.39 Å². The third-order valence-corrected chi connectivity index (χ3v) is 4.44. The molecular formula is C19H14BrClFNO2. The molecule has 0 spiro atoms.